The summed E-state index contributed by atoms with van der Waals surface area (Å²) in [5.74, 6) is -0.172. The average Bonchev–Trinajstić information content (AvgIpc) is 2.07. The molecule has 1 heterocycles. The molecule has 0 aliphatic heterocycles. The first-order valence-corrected chi connectivity index (χ1v) is 4.40. The summed E-state index contributed by atoms with van der Waals surface area (Å²) in [5.41, 5.74) is -0.406. The topological polar surface area (TPSA) is 62.0 Å². The molecule has 0 aliphatic rings. The summed E-state index contributed by atoms with van der Waals surface area (Å²) in [7, 11) is 0. The van der Waals surface area contributed by atoms with E-state index in [4.69, 9.17) is 0 Å². The third-order valence-electron chi connectivity index (χ3n) is 1.75. The van der Waals surface area contributed by atoms with E-state index in [1.54, 1.807) is 20.8 Å². The number of aromatic amines is 1. The standard InChI is InChI=1S/C10H14N2O2/c1-10(2,3)9(14)12-7-6-11-5-4-8(7)13/h4-6H,1-3H3,(H,11,13)(H,12,14). The molecule has 0 bridgehead atoms. The molecule has 1 amide bonds. The molecule has 0 radical (unpaired) electrons. The highest BCUT2D eigenvalue weighted by atomic mass is 16.2. The zero-order chi connectivity index (χ0) is 10.8. The molecule has 0 spiro atoms. The third kappa shape index (κ3) is 2.45. The highest BCUT2D eigenvalue weighted by Gasteiger charge is 2.21. The van der Waals surface area contributed by atoms with Gasteiger partial charge in [-0.05, 0) is 0 Å². The molecule has 1 rings (SSSR count). The predicted octanol–water partition coefficient (Wildman–Crippen LogP) is 1.36. The van der Waals surface area contributed by atoms with Crippen LogP contribution < -0.4 is 10.7 Å². The van der Waals surface area contributed by atoms with Crippen molar-refractivity contribution in [2.75, 3.05) is 5.32 Å². The first kappa shape index (κ1) is 10.5. The van der Waals surface area contributed by atoms with Gasteiger partial charge in [0.2, 0.25) is 11.3 Å². The van der Waals surface area contributed by atoms with Crippen LogP contribution in [0.2, 0.25) is 0 Å². The Morgan fingerprint density at radius 2 is 2.07 bits per heavy atom. The van der Waals surface area contributed by atoms with E-state index in [9.17, 15) is 9.59 Å². The lowest BCUT2D eigenvalue weighted by atomic mass is 9.95. The van der Waals surface area contributed by atoms with Gasteiger partial charge in [0.15, 0.2) is 0 Å². The van der Waals surface area contributed by atoms with Crippen LogP contribution in [0.25, 0.3) is 0 Å². The molecule has 1 aromatic heterocycles. The van der Waals surface area contributed by atoms with Crippen LogP contribution >= 0.6 is 0 Å². The van der Waals surface area contributed by atoms with Crippen LogP contribution in [0.4, 0.5) is 5.69 Å². The first-order valence-electron chi connectivity index (χ1n) is 4.40. The Labute approximate surface area is 82.3 Å². The predicted molar refractivity (Wildman–Crippen MR) is 55.1 cm³/mol. The second-order valence-corrected chi connectivity index (χ2v) is 4.13. The highest BCUT2D eigenvalue weighted by Crippen LogP contribution is 2.14. The fraction of sp³-hybridized carbons (Fsp3) is 0.400. The van der Waals surface area contributed by atoms with Crippen LogP contribution in [-0.4, -0.2) is 10.9 Å². The summed E-state index contributed by atoms with van der Waals surface area (Å²) >= 11 is 0. The third-order valence-corrected chi connectivity index (χ3v) is 1.75. The fourth-order valence-corrected chi connectivity index (χ4v) is 0.824. The lowest BCUT2D eigenvalue weighted by Crippen LogP contribution is -2.29. The minimum atomic E-state index is -0.498. The first-order chi connectivity index (χ1) is 6.41. The number of pyridine rings is 1. The zero-order valence-electron chi connectivity index (χ0n) is 8.55. The van der Waals surface area contributed by atoms with E-state index >= 15 is 0 Å². The molecular formula is C10H14N2O2. The van der Waals surface area contributed by atoms with Crippen molar-refractivity contribution in [3.63, 3.8) is 0 Å². The minimum absolute atomic E-state index is 0.172. The molecule has 0 aromatic carbocycles. The van der Waals surface area contributed by atoms with Crippen LogP contribution in [0.15, 0.2) is 23.3 Å². The van der Waals surface area contributed by atoms with Crippen molar-refractivity contribution in [1.82, 2.24) is 4.98 Å². The molecule has 0 saturated heterocycles. The number of H-pyrrole nitrogens is 1. The number of amides is 1. The molecule has 1 aromatic rings. The Bertz CT molecular complexity index is 388. The van der Waals surface area contributed by atoms with Crippen LogP contribution in [0.1, 0.15) is 20.8 Å². The summed E-state index contributed by atoms with van der Waals surface area (Å²) in [6.07, 6.45) is 3.00. The van der Waals surface area contributed by atoms with Gasteiger partial charge in [-0.3, -0.25) is 9.59 Å². The van der Waals surface area contributed by atoms with E-state index in [0.29, 0.717) is 0 Å². The molecule has 0 atom stereocenters. The van der Waals surface area contributed by atoms with E-state index in [-0.39, 0.29) is 17.0 Å². The summed E-state index contributed by atoms with van der Waals surface area (Å²) in [4.78, 5) is 25.5. The summed E-state index contributed by atoms with van der Waals surface area (Å²) in [6.45, 7) is 5.37. The molecule has 76 valence electrons. The smallest absolute Gasteiger partial charge is 0.229 e. The van der Waals surface area contributed by atoms with Gasteiger partial charge >= 0.3 is 0 Å². The Kier molecular flexibility index (Phi) is 2.74. The van der Waals surface area contributed by atoms with Crippen LogP contribution in [0.5, 0.6) is 0 Å². The molecule has 14 heavy (non-hydrogen) atoms. The van der Waals surface area contributed by atoms with Crippen LogP contribution in [0.3, 0.4) is 0 Å². The Morgan fingerprint density at radius 3 is 2.57 bits per heavy atom. The molecule has 0 saturated carbocycles. The van der Waals surface area contributed by atoms with Gasteiger partial charge in [0.25, 0.3) is 0 Å². The Morgan fingerprint density at radius 1 is 1.43 bits per heavy atom. The largest absolute Gasteiger partial charge is 0.366 e. The molecule has 4 nitrogen and oxygen atoms in total. The van der Waals surface area contributed by atoms with Gasteiger partial charge in [0, 0.05) is 23.9 Å². The van der Waals surface area contributed by atoms with E-state index < -0.39 is 5.41 Å². The van der Waals surface area contributed by atoms with Crippen molar-refractivity contribution in [2.24, 2.45) is 5.41 Å². The van der Waals surface area contributed by atoms with Crippen molar-refractivity contribution in [2.45, 2.75) is 20.8 Å². The maximum atomic E-state index is 11.5. The molecule has 4 heteroatoms. The van der Waals surface area contributed by atoms with Gasteiger partial charge in [0.05, 0.1) is 0 Å². The number of rotatable bonds is 1. The van der Waals surface area contributed by atoms with Gasteiger partial charge in [0.1, 0.15) is 5.69 Å². The van der Waals surface area contributed by atoms with E-state index in [1.165, 1.54) is 18.5 Å². The fourth-order valence-electron chi connectivity index (χ4n) is 0.824. The van der Waals surface area contributed by atoms with Crippen LogP contribution in [-0.2, 0) is 4.79 Å². The lowest BCUT2D eigenvalue weighted by molar-refractivity contribution is -0.123. The molecule has 2 N–H and O–H groups in total. The van der Waals surface area contributed by atoms with Crippen molar-refractivity contribution in [3.8, 4) is 0 Å². The summed E-state index contributed by atoms with van der Waals surface area (Å²) < 4.78 is 0. The molecular weight excluding hydrogens is 180 g/mol. The number of anilines is 1. The van der Waals surface area contributed by atoms with Gasteiger partial charge in [-0.1, -0.05) is 20.8 Å². The van der Waals surface area contributed by atoms with E-state index in [0.717, 1.165) is 0 Å². The van der Waals surface area contributed by atoms with Gasteiger partial charge in [-0.15, -0.1) is 0 Å². The number of hydrogen-bond acceptors (Lipinski definition) is 2. The van der Waals surface area contributed by atoms with Crippen LogP contribution in [0, 0.1) is 5.41 Å². The maximum absolute atomic E-state index is 11.5. The van der Waals surface area contributed by atoms with Crippen molar-refractivity contribution in [3.05, 3.63) is 28.7 Å². The summed E-state index contributed by atoms with van der Waals surface area (Å²) in [6, 6.07) is 1.37. The molecule has 0 fully saturated rings. The van der Waals surface area contributed by atoms with Crippen molar-refractivity contribution < 1.29 is 4.79 Å². The Hall–Kier alpha value is -1.58. The second kappa shape index (κ2) is 3.65. The molecule has 0 unspecified atom stereocenters. The summed E-state index contributed by atoms with van der Waals surface area (Å²) in [5, 5.41) is 2.57. The monoisotopic (exact) mass is 194 g/mol. The second-order valence-electron chi connectivity index (χ2n) is 4.13. The van der Waals surface area contributed by atoms with E-state index in [1.807, 2.05) is 0 Å². The van der Waals surface area contributed by atoms with Gasteiger partial charge < -0.3 is 10.3 Å². The average molecular weight is 194 g/mol. The van der Waals surface area contributed by atoms with Crippen molar-refractivity contribution >= 4 is 11.6 Å². The number of carbonyl (C=O) groups is 1. The van der Waals surface area contributed by atoms with Crippen molar-refractivity contribution in [1.29, 1.82) is 0 Å². The lowest BCUT2D eigenvalue weighted by Gasteiger charge is -2.16. The van der Waals surface area contributed by atoms with Gasteiger partial charge in [-0.25, -0.2) is 0 Å². The normalized spacial score (nSPS) is 11.1. The van der Waals surface area contributed by atoms with Gasteiger partial charge in [-0.2, -0.15) is 0 Å². The van der Waals surface area contributed by atoms with E-state index in [2.05, 4.69) is 10.3 Å². The molecule has 0 aliphatic carbocycles. The minimum Gasteiger partial charge on any atom is -0.366 e. The SMILES string of the molecule is CC(C)(C)C(=O)Nc1c[nH]ccc1=O. The quantitative estimate of drug-likeness (QED) is 0.709. The number of hydrogen-bond donors (Lipinski definition) is 2. The highest BCUT2D eigenvalue weighted by molar-refractivity contribution is 5.94. The zero-order valence-corrected chi connectivity index (χ0v) is 8.55. The number of nitrogens with one attached hydrogen (secondary N) is 2. The Balaban J connectivity index is 2.86. The number of carbonyl (C=O) groups excluding carboxylic acids is 1. The maximum Gasteiger partial charge on any atom is 0.229 e. The number of aromatic nitrogens is 1.